The summed E-state index contributed by atoms with van der Waals surface area (Å²) in [5.74, 6) is 1.90. The summed E-state index contributed by atoms with van der Waals surface area (Å²) in [7, 11) is 1.78. The van der Waals surface area contributed by atoms with Crippen LogP contribution in [0.4, 0.5) is 0 Å². The SMILES string of the molecule is Cn1nnc(C2CCC2CN)n1. The molecule has 66 valence electrons. The number of hydrogen-bond donors (Lipinski definition) is 1. The van der Waals surface area contributed by atoms with E-state index in [4.69, 9.17) is 5.73 Å². The molecule has 5 heteroatoms. The Morgan fingerprint density at radius 2 is 2.42 bits per heavy atom. The molecular weight excluding hydrogens is 154 g/mol. The lowest BCUT2D eigenvalue weighted by molar-refractivity contribution is 0.252. The fraction of sp³-hybridized carbons (Fsp3) is 0.857. The van der Waals surface area contributed by atoms with Crippen LogP contribution >= 0.6 is 0 Å². The third-order valence-electron chi connectivity index (χ3n) is 2.58. The molecule has 1 aromatic heterocycles. The minimum Gasteiger partial charge on any atom is -0.330 e. The molecule has 1 aromatic rings. The molecule has 1 aliphatic carbocycles. The van der Waals surface area contributed by atoms with Crippen molar-refractivity contribution in [3.63, 3.8) is 0 Å². The molecule has 0 bridgehead atoms. The van der Waals surface area contributed by atoms with E-state index >= 15 is 0 Å². The van der Waals surface area contributed by atoms with Gasteiger partial charge in [0.2, 0.25) is 0 Å². The van der Waals surface area contributed by atoms with Crippen molar-refractivity contribution >= 4 is 0 Å². The largest absolute Gasteiger partial charge is 0.330 e. The van der Waals surface area contributed by atoms with E-state index in [0.29, 0.717) is 11.8 Å². The molecule has 0 amide bonds. The standard InChI is InChI=1S/C7H13N5/c1-12-10-7(9-11-12)6-3-2-5(6)4-8/h5-6H,2-4,8H2,1H3. The Morgan fingerprint density at radius 3 is 2.83 bits per heavy atom. The lowest BCUT2D eigenvalue weighted by atomic mass is 9.73. The van der Waals surface area contributed by atoms with Crippen LogP contribution in [0.3, 0.4) is 0 Å². The van der Waals surface area contributed by atoms with Crippen molar-refractivity contribution in [1.29, 1.82) is 0 Å². The van der Waals surface area contributed by atoms with E-state index < -0.39 is 0 Å². The lowest BCUT2D eigenvalue weighted by Crippen LogP contribution is -2.31. The second-order valence-corrected chi connectivity index (χ2v) is 3.32. The van der Waals surface area contributed by atoms with Crippen molar-refractivity contribution in [3.05, 3.63) is 5.82 Å². The quantitative estimate of drug-likeness (QED) is 0.654. The van der Waals surface area contributed by atoms with Crippen molar-refractivity contribution in [2.75, 3.05) is 6.54 Å². The first kappa shape index (κ1) is 7.67. The van der Waals surface area contributed by atoms with E-state index in [1.54, 1.807) is 7.05 Å². The second-order valence-electron chi connectivity index (χ2n) is 3.32. The molecule has 2 unspecified atom stereocenters. The fourth-order valence-corrected chi connectivity index (χ4v) is 1.64. The summed E-state index contributed by atoms with van der Waals surface area (Å²) in [6, 6.07) is 0. The Hall–Kier alpha value is -0.970. The van der Waals surface area contributed by atoms with E-state index in [9.17, 15) is 0 Å². The third kappa shape index (κ3) is 1.10. The van der Waals surface area contributed by atoms with Crippen molar-refractivity contribution in [2.45, 2.75) is 18.8 Å². The maximum atomic E-state index is 5.59. The van der Waals surface area contributed by atoms with Crippen LogP contribution in [0.1, 0.15) is 24.6 Å². The lowest BCUT2D eigenvalue weighted by Gasteiger charge is -2.32. The van der Waals surface area contributed by atoms with E-state index in [-0.39, 0.29) is 0 Å². The van der Waals surface area contributed by atoms with E-state index in [1.165, 1.54) is 11.2 Å². The fourth-order valence-electron chi connectivity index (χ4n) is 1.64. The molecule has 0 saturated heterocycles. The maximum Gasteiger partial charge on any atom is 0.178 e. The Balaban J connectivity index is 2.10. The van der Waals surface area contributed by atoms with Crippen LogP contribution in [-0.2, 0) is 7.05 Å². The predicted octanol–water partition coefficient (Wildman–Crippen LogP) is -0.338. The summed E-state index contributed by atoms with van der Waals surface area (Å²) in [5.41, 5.74) is 5.59. The Kier molecular flexibility index (Phi) is 1.80. The zero-order chi connectivity index (χ0) is 8.55. The van der Waals surface area contributed by atoms with Gasteiger partial charge < -0.3 is 5.73 Å². The molecule has 1 heterocycles. The van der Waals surface area contributed by atoms with E-state index in [2.05, 4.69) is 15.4 Å². The minimum atomic E-state index is 0.462. The normalized spacial score (nSPS) is 28.5. The number of hydrogen-bond acceptors (Lipinski definition) is 4. The molecule has 1 fully saturated rings. The Bertz CT molecular complexity index is 267. The monoisotopic (exact) mass is 167 g/mol. The van der Waals surface area contributed by atoms with Gasteiger partial charge in [-0.25, -0.2) is 0 Å². The molecule has 0 aromatic carbocycles. The highest BCUT2D eigenvalue weighted by Gasteiger charge is 2.33. The van der Waals surface area contributed by atoms with Gasteiger partial charge >= 0.3 is 0 Å². The zero-order valence-corrected chi connectivity index (χ0v) is 7.14. The molecule has 0 aliphatic heterocycles. The molecule has 0 radical (unpaired) electrons. The summed E-state index contributed by atoms with van der Waals surface area (Å²) in [6.45, 7) is 0.739. The van der Waals surface area contributed by atoms with Gasteiger partial charge in [-0.3, -0.25) is 0 Å². The summed E-state index contributed by atoms with van der Waals surface area (Å²) >= 11 is 0. The number of nitrogens with zero attached hydrogens (tertiary/aromatic N) is 4. The summed E-state index contributed by atoms with van der Waals surface area (Å²) in [6.07, 6.45) is 2.37. The van der Waals surface area contributed by atoms with Gasteiger partial charge in [0.1, 0.15) is 0 Å². The number of rotatable bonds is 2. The average molecular weight is 167 g/mol. The molecule has 12 heavy (non-hydrogen) atoms. The smallest absolute Gasteiger partial charge is 0.178 e. The first-order valence-electron chi connectivity index (χ1n) is 4.25. The van der Waals surface area contributed by atoms with Gasteiger partial charge in [-0.05, 0) is 30.5 Å². The highest BCUT2D eigenvalue weighted by Crippen LogP contribution is 2.39. The van der Waals surface area contributed by atoms with Gasteiger partial charge in [0.15, 0.2) is 5.82 Å². The number of nitrogens with two attached hydrogens (primary N) is 1. The van der Waals surface area contributed by atoms with Crippen LogP contribution in [0.15, 0.2) is 0 Å². The first-order valence-corrected chi connectivity index (χ1v) is 4.25. The highest BCUT2D eigenvalue weighted by atomic mass is 15.6. The summed E-state index contributed by atoms with van der Waals surface area (Å²) in [4.78, 5) is 1.50. The Labute approximate surface area is 70.9 Å². The van der Waals surface area contributed by atoms with Crippen LogP contribution in [0, 0.1) is 5.92 Å². The maximum absolute atomic E-state index is 5.59. The van der Waals surface area contributed by atoms with Gasteiger partial charge in [-0.1, -0.05) is 0 Å². The number of tetrazole rings is 1. The molecular formula is C7H13N5. The predicted molar refractivity (Wildman–Crippen MR) is 43.3 cm³/mol. The number of aryl methyl sites for hydroxylation is 1. The minimum absolute atomic E-state index is 0.462. The Morgan fingerprint density at radius 1 is 1.58 bits per heavy atom. The van der Waals surface area contributed by atoms with E-state index in [1.807, 2.05) is 0 Å². The topological polar surface area (TPSA) is 69.6 Å². The van der Waals surface area contributed by atoms with Crippen LogP contribution in [0.5, 0.6) is 0 Å². The molecule has 0 spiro atoms. The summed E-state index contributed by atoms with van der Waals surface area (Å²) in [5, 5.41) is 12.0. The highest BCUT2D eigenvalue weighted by molar-refractivity contribution is 5.01. The van der Waals surface area contributed by atoms with Crippen LogP contribution in [0.25, 0.3) is 0 Å². The first-order chi connectivity index (χ1) is 5.81. The van der Waals surface area contributed by atoms with Crippen LogP contribution < -0.4 is 5.73 Å². The van der Waals surface area contributed by atoms with Gasteiger partial charge in [-0.2, -0.15) is 4.80 Å². The molecule has 2 rings (SSSR count). The van der Waals surface area contributed by atoms with Gasteiger partial charge in [-0.15, -0.1) is 10.2 Å². The van der Waals surface area contributed by atoms with Crippen molar-refractivity contribution in [1.82, 2.24) is 20.2 Å². The number of aromatic nitrogens is 4. The van der Waals surface area contributed by atoms with Crippen LogP contribution in [-0.4, -0.2) is 26.8 Å². The molecule has 5 nitrogen and oxygen atoms in total. The van der Waals surface area contributed by atoms with Gasteiger partial charge in [0, 0.05) is 5.92 Å². The second kappa shape index (κ2) is 2.82. The third-order valence-corrected chi connectivity index (χ3v) is 2.58. The van der Waals surface area contributed by atoms with Gasteiger partial charge in [0.05, 0.1) is 7.05 Å². The molecule has 1 saturated carbocycles. The van der Waals surface area contributed by atoms with Gasteiger partial charge in [0.25, 0.3) is 0 Å². The zero-order valence-electron chi connectivity index (χ0n) is 7.14. The molecule has 2 atom stereocenters. The van der Waals surface area contributed by atoms with Crippen LogP contribution in [0.2, 0.25) is 0 Å². The van der Waals surface area contributed by atoms with Crippen molar-refractivity contribution in [2.24, 2.45) is 18.7 Å². The van der Waals surface area contributed by atoms with E-state index in [0.717, 1.165) is 18.8 Å². The molecule has 1 aliphatic rings. The molecule has 2 N–H and O–H groups in total. The van der Waals surface area contributed by atoms with Crippen molar-refractivity contribution in [3.8, 4) is 0 Å². The summed E-state index contributed by atoms with van der Waals surface area (Å²) < 4.78 is 0. The van der Waals surface area contributed by atoms with Crippen molar-refractivity contribution < 1.29 is 0 Å². The average Bonchev–Trinajstić information content (AvgIpc) is 2.35.